The number of benzene rings is 3. The second-order valence-electron chi connectivity index (χ2n) is 5.05. The van der Waals surface area contributed by atoms with Crippen LogP contribution in [0.5, 0.6) is 0 Å². The smallest absolute Gasteiger partial charge is 0.294 e. The molecule has 23 heavy (non-hydrogen) atoms. The molecule has 0 heterocycles. The molecule has 0 aliphatic rings. The molecule has 0 saturated carbocycles. The summed E-state index contributed by atoms with van der Waals surface area (Å²) in [6.07, 6.45) is 0. The van der Waals surface area contributed by atoms with Crippen LogP contribution in [0.4, 0.5) is 5.69 Å². The van der Waals surface area contributed by atoms with Gasteiger partial charge >= 0.3 is 0 Å². The van der Waals surface area contributed by atoms with Gasteiger partial charge in [-0.25, -0.2) is 0 Å². The van der Waals surface area contributed by atoms with Crippen LogP contribution in [0.1, 0.15) is 5.56 Å². The number of fused-ring (bicyclic) bond motifs is 1. The Morgan fingerprint density at radius 3 is 2.04 bits per heavy atom. The van der Waals surface area contributed by atoms with E-state index in [9.17, 15) is 8.42 Å². The van der Waals surface area contributed by atoms with Crippen LogP contribution in [0, 0.1) is 6.92 Å². The second kappa shape index (κ2) is 7.26. The molecular formula is C18H19NO3S. The molecule has 120 valence electrons. The normalized spacial score (nSPS) is 10.7. The molecule has 3 aromatic carbocycles. The van der Waals surface area contributed by atoms with E-state index in [1.165, 1.54) is 23.4 Å². The Morgan fingerprint density at radius 2 is 1.48 bits per heavy atom. The minimum atomic E-state index is -4.09. The lowest BCUT2D eigenvalue weighted by Crippen LogP contribution is -1.97. The Hall–Kier alpha value is -2.37. The van der Waals surface area contributed by atoms with Crippen molar-refractivity contribution in [2.45, 2.75) is 11.8 Å². The van der Waals surface area contributed by atoms with Crippen molar-refractivity contribution in [1.82, 2.24) is 0 Å². The van der Waals surface area contributed by atoms with Gasteiger partial charge in [0.1, 0.15) is 0 Å². The molecule has 5 heteroatoms. The fourth-order valence-corrected chi connectivity index (χ4v) is 2.70. The molecule has 0 unspecified atom stereocenters. The third-order valence-electron chi connectivity index (χ3n) is 3.43. The van der Waals surface area contributed by atoms with Crippen LogP contribution < -0.4 is 5.32 Å². The molecular weight excluding hydrogens is 310 g/mol. The molecule has 0 atom stereocenters. The maximum absolute atomic E-state index is 10.8. The van der Waals surface area contributed by atoms with Crippen LogP contribution in [0.15, 0.2) is 71.6 Å². The molecule has 0 aliphatic carbocycles. The Bertz CT molecular complexity index is 905. The van der Waals surface area contributed by atoms with E-state index in [-0.39, 0.29) is 4.90 Å². The summed E-state index contributed by atoms with van der Waals surface area (Å²) in [4.78, 5) is -0.0730. The molecule has 3 rings (SSSR count). The SMILES string of the molecule is CNc1ccccc1C.O=S(=O)(O)c1ccc2ccccc2c1. The summed E-state index contributed by atoms with van der Waals surface area (Å²) < 4.78 is 30.5. The van der Waals surface area contributed by atoms with E-state index in [0.717, 1.165) is 10.8 Å². The van der Waals surface area contributed by atoms with Gasteiger partial charge in [-0.05, 0) is 41.5 Å². The van der Waals surface area contributed by atoms with Gasteiger partial charge in [0.25, 0.3) is 10.1 Å². The first-order chi connectivity index (χ1) is 10.9. The maximum atomic E-state index is 10.8. The first-order valence-electron chi connectivity index (χ1n) is 7.11. The zero-order valence-corrected chi connectivity index (χ0v) is 13.8. The van der Waals surface area contributed by atoms with Gasteiger partial charge in [0, 0.05) is 12.7 Å². The van der Waals surface area contributed by atoms with E-state index in [0.29, 0.717) is 0 Å². The molecule has 0 amide bonds. The van der Waals surface area contributed by atoms with Crippen molar-refractivity contribution < 1.29 is 13.0 Å². The number of hydrogen-bond donors (Lipinski definition) is 2. The summed E-state index contributed by atoms with van der Waals surface area (Å²) in [5, 5.41) is 4.83. The molecule has 4 nitrogen and oxygen atoms in total. The Morgan fingerprint density at radius 1 is 0.870 bits per heavy atom. The predicted molar refractivity (Wildman–Crippen MR) is 94.5 cm³/mol. The number of hydrogen-bond acceptors (Lipinski definition) is 3. The van der Waals surface area contributed by atoms with Crippen molar-refractivity contribution in [3.63, 3.8) is 0 Å². The number of anilines is 1. The van der Waals surface area contributed by atoms with Gasteiger partial charge in [-0.2, -0.15) is 8.42 Å². The topological polar surface area (TPSA) is 66.4 Å². The summed E-state index contributed by atoms with van der Waals surface area (Å²) >= 11 is 0. The lowest BCUT2D eigenvalue weighted by molar-refractivity contribution is 0.483. The number of nitrogens with one attached hydrogen (secondary N) is 1. The zero-order valence-electron chi connectivity index (χ0n) is 13.0. The number of rotatable bonds is 2. The van der Waals surface area contributed by atoms with Crippen molar-refractivity contribution >= 4 is 26.6 Å². The molecule has 0 bridgehead atoms. The summed E-state index contributed by atoms with van der Waals surface area (Å²) in [6, 6.07) is 20.1. The van der Waals surface area contributed by atoms with Crippen LogP contribution in [0.3, 0.4) is 0 Å². The molecule has 0 aliphatic heterocycles. The highest BCUT2D eigenvalue weighted by atomic mass is 32.2. The average Bonchev–Trinajstić information content (AvgIpc) is 2.54. The first kappa shape index (κ1) is 17.0. The monoisotopic (exact) mass is 329 g/mol. The third-order valence-corrected chi connectivity index (χ3v) is 4.28. The Balaban J connectivity index is 0.000000185. The van der Waals surface area contributed by atoms with E-state index in [4.69, 9.17) is 4.55 Å². The largest absolute Gasteiger partial charge is 0.388 e. The molecule has 3 aromatic rings. The van der Waals surface area contributed by atoms with Crippen molar-refractivity contribution in [2.75, 3.05) is 12.4 Å². The van der Waals surface area contributed by atoms with E-state index >= 15 is 0 Å². The fraction of sp³-hybridized carbons (Fsp3) is 0.111. The summed E-state index contributed by atoms with van der Waals surface area (Å²) in [6.45, 7) is 2.09. The maximum Gasteiger partial charge on any atom is 0.294 e. The summed E-state index contributed by atoms with van der Waals surface area (Å²) in [7, 11) is -2.16. The van der Waals surface area contributed by atoms with Crippen molar-refractivity contribution in [3.05, 3.63) is 72.3 Å². The summed E-state index contributed by atoms with van der Waals surface area (Å²) in [5.41, 5.74) is 2.50. The van der Waals surface area contributed by atoms with E-state index in [1.807, 2.05) is 37.4 Å². The van der Waals surface area contributed by atoms with Crippen LogP contribution in [-0.2, 0) is 10.1 Å². The summed E-state index contributed by atoms with van der Waals surface area (Å²) in [5.74, 6) is 0. The standard InChI is InChI=1S/C10H8O3S.C8H11N/c11-14(12,13)10-6-5-8-3-1-2-4-9(8)7-10;1-7-5-3-4-6-8(7)9-2/h1-7H,(H,11,12,13);3-6,9H,1-2H3. The fourth-order valence-electron chi connectivity index (χ4n) is 2.18. The average molecular weight is 329 g/mol. The van der Waals surface area contributed by atoms with Gasteiger partial charge < -0.3 is 5.32 Å². The van der Waals surface area contributed by atoms with Crippen molar-refractivity contribution in [1.29, 1.82) is 0 Å². The van der Waals surface area contributed by atoms with Gasteiger partial charge in [-0.3, -0.25) is 4.55 Å². The highest BCUT2D eigenvalue weighted by Crippen LogP contribution is 2.18. The van der Waals surface area contributed by atoms with Crippen LogP contribution >= 0.6 is 0 Å². The quantitative estimate of drug-likeness (QED) is 0.694. The van der Waals surface area contributed by atoms with Gasteiger partial charge in [-0.15, -0.1) is 0 Å². The van der Waals surface area contributed by atoms with Gasteiger partial charge in [0.15, 0.2) is 0 Å². The molecule has 0 aromatic heterocycles. The lowest BCUT2D eigenvalue weighted by atomic mass is 10.1. The van der Waals surface area contributed by atoms with E-state index in [1.54, 1.807) is 12.1 Å². The number of para-hydroxylation sites is 1. The molecule has 0 fully saturated rings. The van der Waals surface area contributed by atoms with Crippen LogP contribution in [0.25, 0.3) is 10.8 Å². The Labute approximate surface area is 136 Å². The minimum Gasteiger partial charge on any atom is -0.388 e. The van der Waals surface area contributed by atoms with Crippen LogP contribution in [0.2, 0.25) is 0 Å². The molecule has 0 spiro atoms. The van der Waals surface area contributed by atoms with Gasteiger partial charge in [-0.1, -0.05) is 48.5 Å². The first-order valence-corrected chi connectivity index (χ1v) is 8.55. The zero-order chi connectivity index (χ0) is 16.9. The minimum absolute atomic E-state index is 0.0730. The van der Waals surface area contributed by atoms with E-state index < -0.39 is 10.1 Å². The second-order valence-corrected chi connectivity index (χ2v) is 6.47. The Kier molecular flexibility index (Phi) is 5.36. The van der Waals surface area contributed by atoms with Crippen LogP contribution in [-0.4, -0.2) is 20.0 Å². The number of aryl methyl sites for hydroxylation is 1. The third kappa shape index (κ3) is 4.55. The van der Waals surface area contributed by atoms with Gasteiger partial charge in [0.05, 0.1) is 4.90 Å². The molecule has 0 radical (unpaired) electrons. The highest BCUT2D eigenvalue weighted by molar-refractivity contribution is 7.85. The van der Waals surface area contributed by atoms with Gasteiger partial charge in [0.2, 0.25) is 0 Å². The molecule has 0 saturated heterocycles. The van der Waals surface area contributed by atoms with Crippen molar-refractivity contribution in [2.24, 2.45) is 0 Å². The van der Waals surface area contributed by atoms with E-state index in [2.05, 4.69) is 24.4 Å². The molecule has 2 N–H and O–H groups in total. The predicted octanol–water partition coefficient (Wildman–Crippen LogP) is 4.12. The lowest BCUT2D eigenvalue weighted by Gasteiger charge is -2.01. The van der Waals surface area contributed by atoms with Crippen molar-refractivity contribution in [3.8, 4) is 0 Å². The highest BCUT2D eigenvalue weighted by Gasteiger charge is 2.08.